The van der Waals surface area contributed by atoms with Crippen LogP contribution in [-0.4, -0.2) is 23.9 Å². The lowest BCUT2D eigenvalue weighted by atomic mass is 9.98. The van der Waals surface area contributed by atoms with Crippen molar-refractivity contribution in [2.75, 3.05) is 6.61 Å². The van der Waals surface area contributed by atoms with E-state index in [4.69, 9.17) is 9.84 Å². The van der Waals surface area contributed by atoms with Crippen molar-refractivity contribution in [2.45, 2.75) is 70.5 Å². The van der Waals surface area contributed by atoms with Crippen molar-refractivity contribution < 1.29 is 9.84 Å². The van der Waals surface area contributed by atoms with Crippen LogP contribution >= 0.6 is 0 Å². The third-order valence-corrected chi connectivity index (χ3v) is 2.92. The largest absolute Gasteiger partial charge is 0.393 e. The van der Waals surface area contributed by atoms with Crippen molar-refractivity contribution in [3.63, 3.8) is 0 Å². The molecule has 1 rings (SSSR count). The van der Waals surface area contributed by atoms with Crippen molar-refractivity contribution in [1.29, 1.82) is 0 Å². The zero-order valence-electron chi connectivity index (χ0n) is 9.37. The summed E-state index contributed by atoms with van der Waals surface area (Å²) < 4.78 is 5.78. The van der Waals surface area contributed by atoms with Crippen molar-refractivity contribution >= 4 is 0 Å². The number of hydrogen-bond donors (Lipinski definition) is 1. The SMILES string of the molecule is CC(O)CCCCOC1CCCCC1. The van der Waals surface area contributed by atoms with Crippen molar-refractivity contribution in [2.24, 2.45) is 0 Å². The fourth-order valence-electron chi connectivity index (χ4n) is 2.02. The summed E-state index contributed by atoms with van der Waals surface area (Å²) in [6.45, 7) is 2.74. The molecule has 0 heterocycles. The standard InChI is InChI=1S/C12H24O2/c1-11(13)7-5-6-10-14-12-8-3-2-4-9-12/h11-13H,2-10H2,1H3. The molecule has 0 aromatic carbocycles. The maximum absolute atomic E-state index is 9.06. The zero-order valence-corrected chi connectivity index (χ0v) is 9.37. The van der Waals surface area contributed by atoms with E-state index in [-0.39, 0.29) is 6.10 Å². The van der Waals surface area contributed by atoms with Gasteiger partial charge in [-0.15, -0.1) is 0 Å². The molecule has 0 saturated heterocycles. The summed E-state index contributed by atoms with van der Waals surface area (Å²) in [7, 11) is 0. The van der Waals surface area contributed by atoms with Crippen LogP contribution < -0.4 is 0 Å². The fourth-order valence-corrected chi connectivity index (χ4v) is 2.02. The first-order chi connectivity index (χ1) is 6.79. The minimum absolute atomic E-state index is 0.148. The molecule has 1 aliphatic carbocycles. The van der Waals surface area contributed by atoms with Crippen LogP contribution in [0.3, 0.4) is 0 Å². The molecule has 0 amide bonds. The summed E-state index contributed by atoms with van der Waals surface area (Å²) in [5.41, 5.74) is 0. The Morgan fingerprint density at radius 3 is 2.57 bits per heavy atom. The second-order valence-corrected chi connectivity index (χ2v) is 4.48. The van der Waals surface area contributed by atoms with Crippen molar-refractivity contribution in [1.82, 2.24) is 0 Å². The van der Waals surface area contributed by atoms with Crippen molar-refractivity contribution in [3.05, 3.63) is 0 Å². The van der Waals surface area contributed by atoms with Crippen LogP contribution in [0.2, 0.25) is 0 Å². The molecule has 1 saturated carbocycles. The van der Waals surface area contributed by atoms with Gasteiger partial charge in [0.2, 0.25) is 0 Å². The minimum Gasteiger partial charge on any atom is -0.393 e. The molecular formula is C12H24O2. The molecule has 2 heteroatoms. The molecule has 0 aromatic rings. The number of aliphatic hydroxyl groups excluding tert-OH is 1. The Morgan fingerprint density at radius 2 is 1.93 bits per heavy atom. The number of hydrogen-bond acceptors (Lipinski definition) is 2. The third kappa shape index (κ3) is 5.61. The van der Waals surface area contributed by atoms with Gasteiger partial charge in [-0.2, -0.15) is 0 Å². The third-order valence-electron chi connectivity index (χ3n) is 2.92. The molecule has 0 bridgehead atoms. The molecule has 1 fully saturated rings. The van der Waals surface area contributed by atoms with E-state index in [2.05, 4.69) is 0 Å². The van der Waals surface area contributed by atoms with Gasteiger partial charge in [0.15, 0.2) is 0 Å². The van der Waals surface area contributed by atoms with Gasteiger partial charge < -0.3 is 9.84 Å². The normalized spacial score (nSPS) is 21.0. The summed E-state index contributed by atoms with van der Waals surface area (Å²) in [4.78, 5) is 0. The van der Waals surface area contributed by atoms with E-state index in [1.165, 1.54) is 32.1 Å². The van der Waals surface area contributed by atoms with Gasteiger partial charge >= 0.3 is 0 Å². The fraction of sp³-hybridized carbons (Fsp3) is 1.00. The van der Waals surface area contributed by atoms with Crippen LogP contribution in [0, 0.1) is 0 Å². The second kappa shape index (κ2) is 7.24. The van der Waals surface area contributed by atoms with E-state index >= 15 is 0 Å². The molecule has 0 radical (unpaired) electrons. The highest BCUT2D eigenvalue weighted by Crippen LogP contribution is 2.20. The molecule has 1 aliphatic rings. The predicted molar refractivity (Wildman–Crippen MR) is 58.4 cm³/mol. The molecule has 2 nitrogen and oxygen atoms in total. The second-order valence-electron chi connectivity index (χ2n) is 4.48. The monoisotopic (exact) mass is 200 g/mol. The Kier molecular flexibility index (Phi) is 6.20. The van der Waals surface area contributed by atoms with Crippen LogP contribution in [0.1, 0.15) is 58.3 Å². The predicted octanol–water partition coefficient (Wildman–Crippen LogP) is 2.89. The van der Waals surface area contributed by atoms with Gasteiger partial charge in [0.1, 0.15) is 0 Å². The van der Waals surface area contributed by atoms with Crippen LogP contribution in [-0.2, 0) is 4.74 Å². The Labute approximate surface area is 87.7 Å². The Hall–Kier alpha value is -0.0800. The Bertz CT molecular complexity index is 128. The number of aliphatic hydroxyl groups is 1. The zero-order chi connectivity index (χ0) is 10.2. The van der Waals surface area contributed by atoms with Crippen molar-refractivity contribution in [3.8, 4) is 0 Å². The Balaban J connectivity index is 1.87. The van der Waals surface area contributed by atoms with Crippen LogP contribution in [0.4, 0.5) is 0 Å². The molecular weight excluding hydrogens is 176 g/mol. The van der Waals surface area contributed by atoms with Crippen LogP contribution in [0.15, 0.2) is 0 Å². The summed E-state index contributed by atoms with van der Waals surface area (Å²) in [5.74, 6) is 0. The van der Waals surface area contributed by atoms with E-state index in [0.717, 1.165) is 25.9 Å². The minimum atomic E-state index is -0.148. The average Bonchev–Trinajstić information content (AvgIpc) is 2.18. The maximum Gasteiger partial charge on any atom is 0.0575 e. The highest BCUT2D eigenvalue weighted by Gasteiger charge is 2.12. The average molecular weight is 200 g/mol. The quantitative estimate of drug-likeness (QED) is 0.668. The summed E-state index contributed by atoms with van der Waals surface area (Å²) in [6.07, 6.45) is 10.1. The Morgan fingerprint density at radius 1 is 1.21 bits per heavy atom. The van der Waals surface area contributed by atoms with E-state index in [1.54, 1.807) is 0 Å². The lowest BCUT2D eigenvalue weighted by Crippen LogP contribution is -2.17. The highest BCUT2D eigenvalue weighted by molar-refractivity contribution is 4.64. The first kappa shape index (κ1) is 12.0. The first-order valence-electron chi connectivity index (χ1n) is 6.08. The van der Waals surface area contributed by atoms with Gasteiger partial charge in [-0.25, -0.2) is 0 Å². The van der Waals surface area contributed by atoms with E-state index < -0.39 is 0 Å². The van der Waals surface area contributed by atoms with E-state index in [9.17, 15) is 0 Å². The molecule has 1 unspecified atom stereocenters. The topological polar surface area (TPSA) is 29.5 Å². The van der Waals surface area contributed by atoms with Crippen LogP contribution in [0.25, 0.3) is 0 Å². The number of ether oxygens (including phenoxy) is 1. The van der Waals surface area contributed by atoms with Crippen LogP contribution in [0.5, 0.6) is 0 Å². The highest BCUT2D eigenvalue weighted by atomic mass is 16.5. The smallest absolute Gasteiger partial charge is 0.0575 e. The summed E-state index contributed by atoms with van der Waals surface area (Å²) >= 11 is 0. The first-order valence-corrected chi connectivity index (χ1v) is 6.08. The molecule has 84 valence electrons. The van der Waals surface area contributed by atoms with Gasteiger partial charge in [0.25, 0.3) is 0 Å². The summed E-state index contributed by atoms with van der Waals surface area (Å²) in [6, 6.07) is 0. The molecule has 1 N–H and O–H groups in total. The lowest BCUT2D eigenvalue weighted by Gasteiger charge is -2.21. The maximum atomic E-state index is 9.06. The van der Waals surface area contributed by atoms with E-state index in [0.29, 0.717) is 6.10 Å². The number of rotatable bonds is 6. The van der Waals surface area contributed by atoms with Gasteiger partial charge in [0.05, 0.1) is 12.2 Å². The summed E-state index contributed by atoms with van der Waals surface area (Å²) in [5, 5.41) is 9.06. The van der Waals surface area contributed by atoms with Gasteiger partial charge in [0, 0.05) is 6.61 Å². The van der Waals surface area contributed by atoms with Gasteiger partial charge in [-0.3, -0.25) is 0 Å². The lowest BCUT2D eigenvalue weighted by molar-refractivity contribution is 0.0252. The number of unbranched alkanes of at least 4 members (excludes halogenated alkanes) is 1. The molecule has 0 aromatic heterocycles. The molecule has 0 spiro atoms. The molecule has 14 heavy (non-hydrogen) atoms. The molecule has 1 atom stereocenters. The van der Waals surface area contributed by atoms with Gasteiger partial charge in [-0.05, 0) is 39.0 Å². The van der Waals surface area contributed by atoms with Gasteiger partial charge in [-0.1, -0.05) is 19.3 Å². The van der Waals surface area contributed by atoms with E-state index in [1.807, 2.05) is 6.92 Å². The molecule has 0 aliphatic heterocycles.